The summed E-state index contributed by atoms with van der Waals surface area (Å²) in [5.41, 5.74) is -0.200. The summed E-state index contributed by atoms with van der Waals surface area (Å²) in [5.74, 6) is -1.42. The van der Waals surface area contributed by atoms with Gasteiger partial charge in [0.2, 0.25) is 5.91 Å². The van der Waals surface area contributed by atoms with E-state index in [0.29, 0.717) is 11.6 Å². The summed E-state index contributed by atoms with van der Waals surface area (Å²) in [6.45, 7) is 5.96. The molecule has 6 nitrogen and oxygen atoms in total. The van der Waals surface area contributed by atoms with Crippen LogP contribution >= 0.6 is 0 Å². The lowest BCUT2D eigenvalue weighted by Crippen LogP contribution is -2.36. The highest BCUT2D eigenvalue weighted by Gasteiger charge is 2.51. The van der Waals surface area contributed by atoms with Crippen LogP contribution in [0.4, 0.5) is 5.82 Å². The van der Waals surface area contributed by atoms with Gasteiger partial charge >= 0.3 is 5.97 Å². The van der Waals surface area contributed by atoms with Crippen LogP contribution < -0.4 is 5.32 Å². The van der Waals surface area contributed by atoms with E-state index in [0.717, 1.165) is 6.42 Å². The molecule has 0 aliphatic heterocycles. The zero-order valence-electron chi connectivity index (χ0n) is 12.9. The molecule has 1 aromatic rings. The molecule has 1 fully saturated rings. The van der Waals surface area contributed by atoms with Gasteiger partial charge in [-0.15, -0.1) is 0 Å². The van der Waals surface area contributed by atoms with Gasteiger partial charge in [-0.2, -0.15) is 0 Å². The molecule has 1 aromatic heterocycles. The number of anilines is 1. The van der Waals surface area contributed by atoms with E-state index in [4.69, 9.17) is 4.52 Å². The first-order valence-corrected chi connectivity index (χ1v) is 7.46. The predicted octanol–water partition coefficient (Wildman–Crippen LogP) is 2.43. The second kappa shape index (κ2) is 4.97. The molecular formula is C16H20N2O4. The van der Waals surface area contributed by atoms with Crippen molar-refractivity contribution < 1.29 is 19.2 Å². The largest absolute Gasteiger partial charge is 0.481 e. The molecule has 4 atom stereocenters. The van der Waals surface area contributed by atoms with Gasteiger partial charge in [-0.05, 0) is 18.3 Å². The topological polar surface area (TPSA) is 92.4 Å². The lowest BCUT2D eigenvalue weighted by molar-refractivity contribution is -0.146. The van der Waals surface area contributed by atoms with Gasteiger partial charge in [0.05, 0.1) is 11.8 Å². The first-order valence-electron chi connectivity index (χ1n) is 7.46. The van der Waals surface area contributed by atoms with Crippen LogP contribution in [-0.4, -0.2) is 22.1 Å². The smallest absolute Gasteiger partial charge is 0.307 e. The second-order valence-electron chi connectivity index (χ2n) is 7.15. The number of aromatic nitrogens is 1. The molecule has 2 aliphatic rings. The Morgan fingerprint density at radius 2 is 1.91 bits per heavy atom. The number of rotatable bonds is 3. The molecule has 3 rings (SSSR count). The van der Waals surface area contributed by atoms with Gasteiger partial charge in [-0.25, -0.2) is 0 Å². The molecule has 1 saturated carbocycles. The minimum absolute atomic E-state index is 0.0000811. The maximum Gasteiger partial charge on any atom is 0.307 e. The van der Waals surface area contributed by atoms with Gasteiger partial charge in [-0.1, -0.05) is 38.1 Å². The zero-order valence-corrected chi connectivity index (χ0v) is 12.9. The van der Waals surface area contributed by atoms with Crippen molar-refractivity contribution in [2.45, 2.75) is 32.6 Å². The van der Waals surface area contributed by atoms with Crippen molar-refractivity contribution in [2.24, 2.45) is 23.7 Å². The normalized spacial score (nSPS) is 29.8. The molecule has 0 saturated heterocycles. The number of amides is 1. The van der Waals surface area contributed by atoms with Crippen LogP contribution in [0.2, 0.25) is 0 Å². The minimum atomic E-state index is -0.910. The Balaban J connectivity index is 1.76. The van der Waals surface area contributed by atoms with Crippen molar-refractivity contribution in [2.75, 3.05) is 5.32 Å². The van der Waals surface area contributed by atoms with E-state index < -0.39 is 17.8 Å². The lowest BCUT2D eigenvalue weighted by atomic mass is 9.82. The maximum absolute atomic E-state index is 12.5. The predicted molar refractivity (Wildman–Crippen MR) is 79.2 cm³/mol. The fourth-order valence-electron chi connectivity index (χ4n) is 3.41. The van der Waals surface area contributed by atoms with Gasteiger partial charge in [0.1, 0.15) is 5.76 Å². The number of carboxylic acids is 1. The maximum atomic E-state index is 12.5. The first kappa shape index (κ1) is 14.8. The molecule has 0 aromatic carbocycles. The Bertz CT molecular complexity index is 641. The van der Waals surface area contributed by atoms with Crippen molar-refractivity contribution in [1.82, 2.24) is 5.16 Å². The fraction of sp³-hybridized carbons (Fsp3) is 0.562. The van der Waals surface area contributed by atoms with Crippen molar-refractivity contribution in [3.05, 3.63) is 24.0 Å². The van der Waals surface area contributed by atoms with Crippen LogP contribution in [0.1, 0.15) is 33.0 Å². The van der Waals surface area contributed by atoms with Gasteiger partial charge in [0, 0.05) is 11.5 Å². The van der Waals surface area contributed by atoms with Gasteiger partial charge in [0.25, 0.3) is 0 Å². The summed E-state index contributed by atoms with van der Waals surface area (Å²) in [5, 5.41) is 15.9. The van der Waals surface area contributed by atoms with E-state index >= 15 is 0 Å². The Morgan fingerprint density at radius 3 is 2.45 bits per heavy atom. The van der Waals surface area contributed by atoms with E-state index in [2.05, 4.69) is 10.5 Å². The number of allylic oxidation sites excluding steroid dienone is 2. The molecule has 2 bridgehead atoms. The van der Waals surface area contributed by atoms with Crippen LogP contribution in [0.25, 0.3) is 0 Å². The number of hydrogen-bond donors (Lipinski definition) is 2. The van der Waals surface area contributed by atoms with Crippen molar-refractivity contribution in [1.29, 1.82) is 0 Å². The molecule has 118 valence electrons. The highest BCUT2D eigenvalue weighted by atomic mass is 16.5. The first-order chi connectivity index (χ1) is 10.3. The Labute approximate surface area is 128 Å². The number of carboxylic acid groups (broad SMARTS) is 1. The molecule has 0 unspecified atom stereocenters. The van der Waals surface area contributed by atoms with E-state index in [1.54, 1.807) is 6.07 Å². The molecule has 0 radical (unpaired) electrons. The molecule has 22 heavy (non-hydrogen) atoms. The monoisotopic (exact) mass is 304 g/mol. The number of aliphatic carboxylic acids is 1. The fourth-order valence-corrected chi connectivity index (χ4v) is 3.41. The lowest BCUT2D eigenvalue weighted by Gasteiger charge is -2.23. The molecular weight excluding hydrogens is 284 g/mol. The van der Waals surface area contributed by atoms with Gasteiger partial charge in [0.15, 0.2) is 5.82 Å². The van der Waals surface area contributed by atoms with Crippen LogP contribution in [0.3, 0.4) is 0 Å². The summed E-state index contributed by atoms with van der Waals surface area (Å²) in [6, 6.07) is 1.69. The Morgan fingerprint density at radius 1 is 1.27 bits per heavy atom. The van der Waals surface area contributed by atoms with Crippen LogP contribution in [0.5, 0.6) is 0 Å². The summed E-state index contributed by atoms with van der Waals surface area (Å²) >= 11 is 0. The van der Waals surface area contributed by atoms with Crippen LogP contribution in [-0.2, 0) is 15.0 Å². The third kappa shape index (κ3) is 2.42. The van der Waals surface area contributed by atoms with Crippen LogP contribution in [0.15, 0.2) is 22.7 Å². The Kier molecular flexibility index (Phi) is 3.34. The molecule has 6 heteroatoms. The van der Waals surface area contributed by atoms with E-state index in [9.17, 15) is 14.7 Å². The number of carbonyl (C=O) groups is 2. The molecule has 2 N–H and O–H groups in total. The Hall–Kier alpha value is -2.11. The van der Waals surface area contributed by atoms with E-state index in [-0.39, 0.29) is 23.2 Å². The second-order valence-corrected chi connectivity index (χ2v) is 7.15. The quantitative estimate of drug-likeness (QED) is 0.837. The molecule has 2 aliphatic carbocycles. The summed E-state index contributed by atoms with van der Waals surface area (Å²) in [6.07, 6.45) is 4.61. The molecule has 1 heterocycles. The summed E-state index contributed by atoms with van der Waals surface area (Å²) < 4.78 is 5.23. The van der Waals surface area contributed by atoms with Gasteiger partial charge < -0.3 is 14.9 Å². The third-order valence-corrected chi connectivity index (χ3v) is 4.55. The molecule has 1 amide bonds. The minimum Gasteiger partial charge on any atom is -0.481 e. The average molecular weight is 304 g/mol. The zero-order chi connectivity index (χ0) is 16.1. The number of nitrogens with zero attached hydrogens (tertiary/aromatic N) is 1. The molecule has 0 spiro atoms. The average Bonchev–Trinajstić information content (AvgIpc) is 3.11. The van der Waals surface area contributed by atoms with E-state index in [1.807, 2.05) is 32.9 Å². The van der Waals surface area contributed by atoms with Gasteiger partial charge in [-0.3, -0.25) is 9.59 Å². The SMILES string of the molecule is CC(C)(C)c1cc(NC(=O)[C@@H]2[C@@H](C(=O)O)[C@H]3C=C[C@@H]2C3)no1. The highest BCUT2D eigenvalue weighted by molar-refractivity contribution is 5.95. The standard InChI is InChI=1S/C16H20N2O4/c1-16(2,3)10-7-11(18-22-10)17-14(19)12-8-4-5-9(6-8)13(12)15(20)21/h4-5,7-9,12-13H,6H2,1-3H3,(H,20,21)(H,17,18,19)/t8-,9+,12+,13+/m1/s1. The van der Waals surface area contributed by atoms with Crippen LogP contribution in [0, 0.1) is 23.7 Å². The summed E-state index contributed by atoms with van der Waals surface area (Å²) in [7, 11) is 0. The van der Waals surface area contributed by atoms with Crippen molar-refractivity contribution >= 4 is 17.7 Å². The number of fused-ring (bicyclic) bond motifs is 2. The number of carbonyl (C=O) groups excluding carboxylic acids is 1. The highest BCUT2D eigenvalue weighted by Crippen LogP contribution is 2.48. The number of hydrogen-bond acceptors (Lipinski definition) is 4. The van der Waals surface area contributed by atoms with Crippen molar-refractivity contribution in [3.8, 4) is 0 Å². The van der Waals surface area contributed by atoms with E-state index in [1.165, 1.54) is 0 Å². The third-order valence-electron chi connectivity index (χ3n) is 4.55. The number of nitrogens with one attached hydrogen (secondary N) is 1. The summed E-state index contributed by atoms with van der Waals surface area (Å²) in [4.78, 5) is 23.9. The van der Waals surface area contributed by atoms with Crippen molar-refractivity contribution in [3.63, 3.8) is 0 Å².